The molecule has 98 valence electrons. The van der Waals surface area contributed by atoms with Crippen molar-refractivity contribution in [1.82, 2.24) is 4.90 Å². The van der Waals surface area contributed by atoms with E-state index in [4.69, 9.17) is 9.84 Å². The van der Waals surface area contributed by atoms with E-state index in [0.717, 1.165) is 10.5 Å². The molecule has 1 rings (SSSR count). The van der Waals surface area contributed by atoms with E-state index >= 15 is 0 Å². The molecular weight excluding hydrogens is 254 g/mol. The maximum absolute atomic E-state index is 11.6. The SMILES string of the molecule is CN(C(=O)OCc1ccccc1)C(CS)C(=O)O. The van der Waals surface area contributed by atoms with Crippen molar-refractivity contribution in [2.75, 3.05) is 12.8 Å². The number of likely N-dealkylation sites (N-methyl/N-ethyl adjacent to an activating group) is 1. The molecule has 0 saturated carbocycles. The van der Waals surface area contributed by atoms with Gasteiger partial charge in [0, 0.05) is 12.8 Å². The average Bonchev–Trinajstić information content (AvgIpc) is 2.37. The zero-order valence-electron chi connectivity index (χ0n) is 9.94. The van der Waals surface area contributed by atoms with E-state index in [-0.39, 0.29) is 12.4 Å². The number of hydrogen-bond donors (Lipinski definition) is 2. The monoisotopic (exact) mass is 269 g/mol. The van der Waals surface area contributed by atoms with E-state index in [2.05, 4.69) is 12.6 Å². The lowest BCUT2D eigenvalue weighted by atomic mass is 10.2. The molecule has 0 spiro atoms. The fourth-order valence-corrected chi connectivity index (χ4v) is 1.72. The maximum atomic E-state index is 11.6. The summed E-state index contributed by atoms with van der Waals surface area (Å²) in [5.41, 5.74) is 0.844. The summed E-state index contributed by atoms with van der Waals surface area (Å²) in [6, 6.07) is 8.18. The van der Waals surface area contributed by atoms with Gasteiger partial charge in [0.15, 0.2) is 0 Å². The molecule has 1 unspecified atom stereocenters. The van der Waals surface area contributed by atoms with Crippen molar-refractivity contribution in [3.63, 3.8) is 0 Å². The summed E-state index contributed by atoms with van der Waals surface area (Å²) >= 11 is 3.90. The highest BCUT2D eigenvalue weighted by atomic mass is 32.1. The van der Waals surface area contributed by atoms with Gasteiger partial charge in [0.25, 0.3) is 0 Å². The normalized spacial score (nSPS) is 11.7. The molecule has 0 aliphatic carbocycles. The van der Waals surface area contributed by atoms with Crippen LogP contribution in [-0.2, 0) is 16.1 Å². The second-order valence-electron chi connectivity index (χ2n) is 3.69. The number of thiol groups is 1. The van der Waals surface area contributed by atoms with Crippen LogP contribution < -0.4 is 0 Å². The molecule has 0 radical (unpaired) electrons. The number of carbonyl (C=O) groups excluding carboxylic acids is 1. The van der Waals surface area contributed by atoms with Crippen LogP contribution in [0.15, 0.2) is 30.3 Å². The highest BCUT2D eigenvalue weighted by molar-refractivity contribution is 7.80. The Morgan fingerprint density at radius 1 is 1.39 bits per heavy atom. The van der Waals surface area contributed by atoms with Crippen molar-refractivity contribution in [1.29, 1.82) is 0 Å². The van der Waals surface area contributed by atoms with Gasteiger partial charge in [0.2, 0.25) is 0 Å². The smallest absolute Gasteiger partial charge is 0.410 e. The molecule has 1 aromatic rings. The zero-order valence-corrected chi connectivity index (χ0v) is 10.8. The van der Waals surface area contributed by atoms with Crippen LogP contribution in [0.25, 0.3) is 0 Å². The van der Waals surface area contributed by atoms with Crippen LogP contribution in [-0.4, -0.2) is 40.9 Å². The number of carboxylic acids is 1. The van der Waals surface area contributed by atoms with E-state index in [9.17, 15) is 9.59 Å². The molecule has 0 aliphatic heterocycles. The van der Waals surface area contributed by atoms with Crippen LogP contribution in [0.4, 0.5) is 4.79 Å². The Balaban J connectivity index is 2.52. The van der Waals surface area contributed by atoms with Crippen molar-refractivity contribution >= 4 is 24.7 Å². The minimum atomic E-state index is -1.11. The van der Waals surface area contributed by atoms with Crippen molar-refractivity contribution in [2.45, 2.75) is 12.6 Å². The summed E-state index contributed by atoms with van der Waals surface area (Å²) in [5, 5.41) is 8.88. The number of amides is 1. The van der Waals surface area contributed by atoms with Crippen LogP contribution in [0, 0.1) is 0 Å². The van der Waals surface area contributed by atoms with Gasteiger partial charge in [-0.25, -0.2) is 9.59 Å². The first-order valence-corrected chi connectivity index (χ1v) is 5.96. The fraction of sp³-hybridized carbons (Fsp3) is 0.333. The molecule has 1 amide bonds. The number of rotatable bonds is 5. The van der Waals surface area contributed by atoms with Crippen molar-refractivity contribution in [3.8, 4) is 0 Å². The molecule has 1 N–H and O–H groups in total. The van der Waals surface area contributed by atoms with Crippen LogP contribution >= 0.6 is 12.6 Å². The maximum Gasteiger partial charge on any atom is 0.410 e. The van der Waals surface area contributed by atoms with E-state index in [1.807, 2.05) is 30.3 Å². The number of nitrogens with zero attached hydrogens (tertiary/aromatic N) is 1. The van der Waals surface area contributed by atoms with Crippen molar-refractivity contribution in [3.05, 3.63) is 35.9 Å². The zero-order chi connectivity index (χ0) is 13.5. The minimum absolute atomic E-state index is 0.0340. The first-order valence-electron chi connectivity index (χ1n) is 5.33. The lowest BCUT2D eigenvalue weighted by Gasteiger charge is -2.22. The Morgan fingerprint density at radius 3 is 2.50 bits per heavy atom. The highest BCUT2D eigenvalue weighted by Crippen LogP contribution is 2.06. The minimum Gasteiger partial charge on any atom is -0.480 e. The first kappa shape index (κ1) is 14.4. The van der Waals surface area contributed by atoms with E-state index in [1.165, 1.54) is 7.05 Å². The molecule has 1 aromatic carbocycles. The van der Waals surface area contributed by atoms with Crippen LogP contribution in [0.3, 0.4) is 0 Å². The van der Waals surface area contributed by atoms with Crippen LogP contribution in [0.2, 0.25) is 0 Å². The van der Waals surface area contributed by atoms with Gasteiger partial charge < -0.3 is 9.84 Å². The van der Waals surface area contributed by atoms with Crippen molar-refractivity contribution < 1.29 is 19.4 Å². The lowest BCUT2D eigenvalue weighted by Crippen LogP contribution is -2.43. The molecule has 5 nitrogen and oxygen atoms in total. The largest absolute Gasteiger partial charge is 0.480 e. The average molecular weight is 269 g/mol. The third-order valence-corrected chi connectivity index (χ3v) is 2.76. The third kappa shape index (κ3) is 3.96. The molecule has 0 bridgehead atoms. The van der Waals surface area contributed by atoms with Gasteiger partial charge in [0.05, 0.1) is 0 Å². The molecule has 0 aliphatic rings. The Kier molecular flexibility index (Phi) is 5.51. The number of carbonyl (C=O) groups is 2. The summed E-state index contributed by atoms with van der Waals surface area (Å²) in [6.45, 7) is 0.114. The van der Waals surface area contributed by atoms with Gasteiger partial charge in [-0.3, -0.25) is 4.90 Å². The predicted octanol–water partition coefficient (Wildman–Crippen LogP) is 1.64. The predicted molar refractivity (Wildman–Crippen MR) is 69.7 cm³/mol. The Bertz CT molecular complexity index is 410. The highest BCUT2D eigenvalue weighted by Gasteiger charge is 2.26. The molecule has 0 fully saturated rings. The van der Waals surface area contributed by atoms with Crippen LogP contribution in [0.5, 0.6) is 0 Å². The van der Waals surface area contributed by atoms with Gasteiger partial charge in [-0.1, -0.05) is 30.3 Å². The fourth-order valence-electron chi connectivity index (χ4n) is 1.31. The second kappa shape index (κ2) is 6.90. The molecular formula is C12H15NO4S. The molecule has 18 heavy (non-hydrogen) atoms. The summed E-state index contributed by atoms with van der Waals surface area (Å²) < 4.78 is 5.01. The van der Waals surface area contributed by atoms with E-state index in [0.29, 0.717) is 0 Å². The Labute approximate surface area is 111 Å². The number of hydrogen-bond acceptors (Lipinski definition) is 4. The second-order valence-corrected chi connectivity index (χ2v) is 4.05. The van der Waals surface area contributed by atoms with Gasteiger partial charge in [-0.2, -0.15) is 12.6 Å². The van der Waals surface area contributed by atoms with E-state index < -0.39 is 18.1 Å². The Morgan fingerprint density at radius 2 is 2.00 bits per heavy atom. The Hall–Kier alpha value is -1.69. The van der Waals surface area contributed by atoms with Gasteiger partial charge >= 0.3 is 12.1 Å². The quantitative estimate of drug-likeness (QED) is 0.797. The topological polar surface area (TPSA) is 66.8 Å². The number of carboxylic acid groups (broad SMARTS) is 1. The molecule has 6 heteroatoms. The number of benzene rings is 1. The summed E-state index contributed by atoms with van der Waals surface area (Å²) in [7, 11) is 1.38. The number of ether oxygens (including phenoxy) is 1. The summed E-state index contributed by atoms with van der Waals surface area (Å²) in [6.07, 6.45) is -0.680. The summed E-state index contributed by atoms with van der Waals surface area (Å²) in [5.74, 6) is -1.07. The lowest BCUT2D eigenvalue weighted by molar-refractivity contribution is -0.141. The summed E-state index contributed by atoms with van der Waals surface area (Å²) in [4.78, 5) is 23.5. The van der Waals surface area contributed by atoms with Gasteiger partial charge in [-0.15, -0.1) is 0 Å². The molecule has 0 heterocycles. The van der Waals surface area contributed by atoms with Gasteiger partial charge in [-0.05, 0) is 5.56 Å². The first-order chi connectivity index (χ1) is 8.56. The molecule has 0 saturated heterocycles. The standard InChI is InChI=1S/C12H15NO4S/c1-13(10(8-18)11(14)15)12(16)17-7-9-5-3-2-4-6-9/h2-6,10,18H,7-8H2,1H3,(H,14,15). The molecule has 1 atom stereocenters. The van der Waals surface area contributed by atoms with E-state index in [1.54, 1.807) is 0 Å². The van der Waals surface area contributed by atoms with Crippen LogP contribution in [0.1, 0.15) is 5.56 Å². The van der Waals surface area contributed by atoms with Crippen molar-refractivity contribution in [2.24, 2.45) is 0 Å². The number of aliphatic carboxylic acids is 1. The molecule has 0 aromatic heterocycles. The third-order valence-electron chi connectivity index (χ3n) is 2.42. The van der Waals surface area contributed by atoms with Gasteiger partial charge in [0.1, 0.15) is 12.6 Å².